The van der Waals surface area contributed by atoms with Crippen molar-refractivity contribution in [3.8, 4) is 22.6 Å². The normalized spacial score (nSPS) is 16.2. The highest BCUT2D eigenvalue weighted by atomic mass is 35.5. The number of hydrogen-bond acceptors (Lipinski definition) is 3. The van der Waals surface area contributed by atoms with Gasteiger partial charge in [-0.3, -0.25) is 4.21 Å². The monoisotopic (exact) mass is 354 g/mol. The molecule has 1 aliphatic rings. The van der Waals surface area contributed by atoms with Gasteiger partial charge in [-0.1, -0.05) is 59.6 Å². The molecule has 24 heavy (non-hydrogen) atoms. The van der Waals surface area contributed by atoms with E-state index in [1.807, 2.05) is 55.5 Å². The summed E-state index contributed by atoms with van der Waals surface area (Å²) < 4.78 is 12.5. The van der Waals surface area contributed by atoms with Gasteiger partial charge in [-0.25, -0.2) is 9.97 Å². The van der Waals surface area contributed by atoms with Crippen LogP contribution >= 0.6 is 11.6 Å². The number of nitrogens with zero attached hydrogens (tertiary/aromatic N) is 2. The molecule has 4 rings (SSSR count). The molecule has 0 aliphatic carbocycles. The van der Waals surface area contributed by atoms with Crippen molar-refractivity contribution in [2.24, 2.45) is 0 Å². The fourth-order valence-corrected chi connectivity index (χ4v) is 4.41. The quantitative estimate of drug-likeness (QED) is 0.607. The van der Waals surface area contributed by atoms with E-state index in [1.54, 1.807) is 0 Å². The molecule has 0 spiro atoms. The van der Waals surface area contributed by atoms with Gasteiger partial charge in [-0.15, -0.1) is 0 Å². The summed E-state index contributed by atoms with van der Waals surface area (Å²) in [4.78, 5) is 10.1. The molecule has 3 nitrogen and oxygen atoms in total. The molecule has 0 radical (unpaired) electrons. The molecule has 0 saturated carbocycles. The van der Waals surface area contributed by atoms with E-state index >= 15 is 0 Å². The predicted octanol–water partition coefficient (Wildman–Crippen LogP) is 4.44. The van der Waals surface area contributed by atoms with Gasteiger partial charge in [-0.2, -0.15) is 0 Å². The van der Waals surface area contributed by atoms with Crippen LogP contribution < -0.4 is 0 Å². The zero-order valence-corrected chi connectivity index (χ0v) is 14.7. The molecule has 2 aromatic carbocycles. The molecule has 0 saturated heterocycles. The van der Waals surface area contributed by atoms with E-state index in [1.165, 1.54) is 5.56 Å². The second kappa shape index (κ2) is 6.11. The summed E-state index contributed by atoms with van der Waals surface area (Å²) in [6.45, 7) is 2.04. The number of aryl methyl sites for hydroxylation is 1. The minimum Gasteiger partial charge on any atom is -0.254 e. The second-order valence-corrected chi connectivity index (χ2v) is 7.72. The summed E-state index contributed by atoms with van der Waals surface area (Å²) in [5, 5.41) is 0.448. The van der Waals surface area contributed by atoms with Gasteiger partial charge in [0, 0.05) is 27.3 Å². The fraction of sp³-hybridized carbons (Fsp3) is 0.158. The Morgan fingerprint density at radius 2 is 1.79 bits per heavy atom. The molecule has 5 heteroatoms. The first-order chi connectivity index (χ1) is 11.6. The SMILES string of the molecule is Cc1ccc(-c2nc(Cl)c3c(n2)-c2ccccc2S(=O)CC3)cc1. The first-order valence-electron chi connectivity index (χ1n) is 7.75. The lowest BCUT2D eigenvalue weighted by molar-refractivity contribution is 0.683. The summed E-state index contributed by atoms with van der Waals surface area (Å²) in [5.74, 6) is 1.14. The molecule has 120 valence electrons. The van der Waals surface area contributed by atoms with Crippen molar-refractivity contribution < 1.29 is 4.21 Å². The van der Waals surface area contributed by atoms with Crippen molar-refractivity contribution in [2.75, 3.05) is 5.75 Å². The smallest absolute Gasteiger partial charge is 0.161 e. The Morgan fingerprint density at radius 1 is 1.04 bits per heavy atom. The lowest BCUT2D eigenvalue weighted by Crippen LogP contribution is -2.01. The van der Waals surface area contributed by atoms with Crippen LogP contribution in [0.1, 0.15) is 11.1 Å². The molecule has 2 heterocycles. The summed E-state index contributed by atoms with van der Waals surface area (Å²) >= 11 is 6.47. The molecule has 0 N–H and O–H groups in total. The van der Waals surface area contributed by atoms with E-state index in [4.69, 9.17) is 16.6 Å². The molecular weight excluding hydrogens is 340 g/mol. The lowest BCUT2D eigenvalue weighted by Gasteiger charge is -2.11. The highest BCUT2D eigenvalue weighted by Gasteiger charge is 2.23. The molecule has 3 aromatic rings. The lowest BCUT2D eigenvalue weighted by atomic mass is 10.0. The van der Waals surface area contributed by atoms with E-state index in [0.29, 0.717) is 23.2 Å². The van der Waals surface area contributed by atoms with Crippen molar-refractivity contribution in [3.63, 3.8) is 0 Å². The Labute approximate surface area is 148 Å². The largest absolute Gasteiger partial charge is 0.254 e. The molecule has 0 fully saturated rings. The summed E-state index contributed by atoms with van der Waals surface area (Å²) in [7, 11) is -1.05. The maximum atomic E-state index is 12.5. The molecule has 0 bridgehead atoms. The number of halogens is 1. The first kappa shape index (κ1) is 15.5. The van der Waals surface area contributed by atoms with Crippen molar-refractivity contribution in [2.45, 2.75) is 18.2 Å². The Hall–Kier alpha value is -2.04. The van der Waals surface area contributed by atoms with Crippen LogP contribution in [0.15, 0.2) is 53.4 Å². The Bertz CT molecular complexity index is 954. The van der Waals surface area contributed by atoms with E-state index in [-0.39, 0.29) is 0 Å². The molecule has 1 unspecified atom stereocenters. The minimum absolute atomic E-state index is 0.448. The highest BCUT2D eigenvalue weighted by Crippen LogP contribution is 2.35. The molecule has 1 aromatic heterocycles. The van der Waals surface area contributed by atoms with E-state index < -0.39 is 10.8 Å². The van der Waals surface area contributed by atoms with Crippen molar-refractivity contribution in [1.82, 2.24) is 9.97 Å². The molecular formula is C19H15ClN2OS. The van der Waals surface area contributed by atoms with E-state index in [0.717, 1.165) is 27.3 Å². The molecule has 1 aliphatic heterocycles. The second-order valence-electron chi connectivity index (χ2n) is 5.83. The van der Waals surface area contributed by atoms with Gasteiger partial charge >= 0.3 is 0 Å². The van der Waals surface area contributed by atoms with E-state index in [9.17, 15) is 4.21 Å². The van der Waals surface area contributed by atoms with Crippen LogP contribution in [0.3, 0.4) is 0 Å². The van der Waals surface area contributed by atoms with Gasteiger partial charge < -0.3 is 0 Å². The van der Waals surface area contributed by atoms with E-state index in [2.05, 4.69) is 4.98 Å². The standard InChI is InChI=1S/C19H15ClN2OS/c1-12-6-8-13(9-7-12)19-21-17-14-4-2-3-5-16(14)24(23)11-10-15(17)18(20)22-19/h2-9H,10-11H2,1H3. The summed E-state index contributed by atoms with van der Waals surface area (Å²) in [6.07, 6.45) is 0.615. The van der Waals surface area contributed by atoms with Crippen molar-refractivity contribution in [3.05, 3.63) is 64.8 Å². The number of benzene rings is 2. The van der Waals surface area contributed by atoms with Crippen LogP contribution in [0.4, 0.5) is 0 Å². The number of fused-ring (bicyclic) bond motifs is 3. The van der Waals surface area contributed by atoms with Crippen LogP contribution in [-0.4, -0.2) is 19.9 Å². The van der Waals surface area contributed by atoms with Crippen LogP contribution in [0.5, 0.6) is 0 Å². The molecule has 0 amide bonds. The maximum Gasteiger partial charge on any atom is 0.161 e. The number of aromatic nitrogens is 2. The number of rotatable bonds is 1. The zero-order valence-electron chi connectivity index (χ0n) is 13.1. The average Bonchev–Trinajstić information content (AvgIpc) is 2.74. The van der Waals surface area contributed by atoms with Gasteiger partial charge in [0.1, 0.15) is 5.15 Å². The Kier molecular flexibility index (Phi) is 3.94. The summed E-state index contributed by atoms with van der Waals surface area (Å²) in [5.41, 5.74) is 4.67. The number of hydrogen-bond donors (Lipinski definition) is 0. The zero-order chi connectivity index (χ0) is 16.7. The predicted molar refractivity (Wildman–Crippen MR) is 97.6 cm³/mol. The van der Waals surface area contributed by atoms with Gasteiger partial charge in [0.05, 0.1) is 16.5 Å². The van der Waals surface area contributed by atoms with Gasteiger partial charge in [-0.05, 0) is 19.4 Å². The Balaban J connectivity index is 1.96. The minimum atomic E-state index is -1.05. The third kappa shape index (κ3) is 2.66. The third-order valence-corrected chi connectivity index (χ3v) is 5.93. The van der Waals surface area contributed by atoms with Crippen LogP contribution in [0.2, 0.25) is 5.15 Å². The topological polar surface area (TPSA) is 42.9 Å². The van der Waals surface area contributed by atoms with Crippen LogP contribution in [0, 0.1) is 6.92 Å². The van der Waals surface area contributed by atoms with Crippen molar-refractivity contribution >= 4 is 22.4 Å². The van der Waals surface area contributed by atoms with Crippen LogP contribution in [0.25, 0.3) is 22.6 Å². The van der Waals surface area contributed by atoms with Gasteiger partial charge in [0.15, 0.2) is 5.82 Å². The van der Waals surface area contributed by atoms with Gasteiger partial charge in [0.25, 0.3) is 0 Å². The fourth-order valence-electron chi connectivity index (χ4n) is 2.90. The third-order valence-electron chi connectivity index (χ3n) is 4.19. The Morgan fingerprint density at radius 3 is 2.58 bits per heavy atom. The van der Waals surface area contributed by atoms with Crippen LogP contribution in [-0.2, 0) is 17.2 Å². The molecule has 1 atom stereocenters. The highest BCUT2D eigenvalue weighted by molar-refractivity contribution is 7.85. The van der Waals surface area contributed by atoms with Crippen molar-refractivity contribution in [1.29, 1.82) is 0 Å². The summed E-state index contributed by atoms with van der Waals surface area (Å²) in [6, 6.07) is 15.8. The average molecular weight is 355 g/mol. The first-order valence-corrected chi connectivity index (χ1v) is 9.44. The van der Waals surface area contributed by atoms with Gasteiger partial charge in [0.2, 0.25) is 0 Å². The maximum absolute atomic E-state index is 12.5.